The van der Waals surface area contributed by atoms with Gasteiger partial charge in [-0.1, -0.05) is 24.6 Å². The summed E-state index contributed by atoms with van der Waals surface area (Å²) in [6.07, 6.45) is 7.26. The van der Waals surface area contributed by atoms with Crippen molar-refractivity contribution in [1.29, 1.82) is 0 Å². The second kappa shape index (κ2) is 9.54. The minimum Gasteiger partial charge on any atom is -0.490 e. The van der Waals surface area contributed by atoms with Gasteiger partial charge in [0.2, 0.25) is 0 Å². The molecule has 2 aromatic carbocycles. The lowest BCUT2D eigenvalue weighted by Gasteiger charge is -2.23. The van der Waals surface area contributed by atoms with E-state index in [1.54, 1.807) is 13.0 Å². The van der Waals surface area contributed by atoms with Crippen LogP contribution in [0.4, 0.5) is 4.39 Å². The zero-order valence-corrected chi connectivity index (χ0v) is 15.9. The van der Waals surface area contributed by atoms with Gasteiger partial charge in [0, 0.05) is 6.42 Å². The lowest BCUT2D eigenvalue weighted by atomic mass is 9.98. The highest BCUT2D eigenvalue weighted by Gasteiger charge is 2.15. The van der Waals surface area contributed by atoms with E-state index in [9.17, 15) is 9.18 Å². The van der Waals surface area contributed by atoms with Gasteiger partial charge in [-0.3, -0.25) is 0 Å². The van der Waals surface area contributed by atoms with Gasteiger partial charge in [-0.25, -0.2) is 4.39 Å². The predicted molar refractivity (Wildman–Crippen MR) is 104 cm³/mol. The maximum atomic E-state index is 14.2. The fourth-order valence-corrected chi connectivity index (χ4v) is 3.38. The van der Waals surface area contributed by atoms with Crippen molar-refractivity contribution < 1.29 is 18.7 Å². The minimum absolute atomic E-state index is 0.103. The number of carbonyl (C=O) groups is 1. The first-order valence-corrected chi connectivity index (χ1v) is 9.76. The molecule has 0 spiro atoms. The summed E-state index contributed by atoms with van der Waals surface area (Å²) in [5, 5.41) is 0. The van der Waals surface area contributed by atoms with Crippen molar-refractivity contribution in [2.45, 2.75) is 64.6 Å². The van der Waals surface area contributed by atoms with Crippen LogP contribution in [0.3, 0.4) is 0 Å². The van der Waals surface area contributed by atoms with Gasteiger partial charge in [0.15, 0.2) is 11.6 Å². The van der Waals surface area contributed by atoms with E-state index in [-0.39, 0.29) is 18.1 Å². The van der Waals surface area contributed by atoms with Crippen LogP contribution < -0.4 is 9.47 Å². The normalized spacial score (nSPS) is 14.7. The fraction of sp³-hybridized carbons (Fsp3) is 0.435. The third kappa shape index (κ3) is 6.09. The first-order valence-electron chi connectivity index (χ1n) is 9.76. The van der Waals surface area contributed by atoms with Crippen molar-refractivity contribution in [3.8, 4) is 11.5 Å². The average molecular weight is 370 g/mol. The molecule has 4 heteroatoms. The van der Waals surface area contributed by atoms with Crippen molar-refractivity contribution in [3.05, 3.63) is 59.4 Å². The molecule has 1 aliphatic carbocycles. The van der Waals surface area contributed by atoms with Crippen LogP contribution >= 0.6 is 0 Å². The third-order valence-electron chi connectivity index (χ3n) is 4.91. The molecule has 0 bridgehead atoms. The number of benzene rings is 2. The molecule has 1 saturated carbocycles. The number of Topliss-reactive ketones (excluding diaryl/α,β-unsaturated/α-hetero) is 1. The molecule has 144 valence electrons. The van der Waals surface area contributed by atoms with Gasteiger partial charge in [0.05, 0.1) is 6.10 Å². The Hall–Kier alpha value is -2.36. The van der Waals surface area contributed by atoms with Gasteiger partial charge in [-0.2, -0.15) is 0 Å². The molecule has 3 rings (SSSR count). The van der Waals surface area contributed by atoms with Gasteiger partial charge in [0.1, 0.15) is 18.1 Å². The van der Waals surface area contributed by atoms with Gasteiger partial charge in [-0.05, 0) is 74.4 Å². The molecule has 0 N–H and O–H groups in total. The monoisotopic (exact) mass is 370 g/mol. The summed E-state index contributed by atoms with van der Waals surface area (Å²) in [4.78, 5) is 11.1. The quantitative estimate of drug-likeness (QED) is 0.603. The highest BCUT2D eigenvalue weighted by molar-refractivity contribution is 5.75. The Kier molecular flexibility index (Phi) is 6.86. The van der Waals surface area contributed by atoms with Gasteiger partial charge in [0.25, 0.3) is 0 Å². The van der Waals surface area contributed by atoms with Crippen LogP contribution in [0, 0.1) is 5.82 Å². The van der Waals surface area contributed by atoms with E-state index >= 15 is 0 Å². The molecular formula is C23H27FO3. The second-order valence-corrected chi connectivity index (χ2v) is 7.28. The summed E-state index contributed by atoms with van der Waals surface area (Å²) < 4.78 is 26.0. The average Bonchev–Trinajstić information content (AvgIpc) is 2.67. The standard InChI is InChI=1S/C23H27FO3/c1-17(25)10-11-18-12-13-23(22(24)15-18)26-16-19-6-5-9-21(14-19)27-20-7-3-2-4-8-20/h5-6,9,12-15,20H,2-4,7-8,10-11,16H2,1H3. The Balaban J connectivity index is 1.56. The molecule has 0 saturated heterocycles. The molecule has 0 atom stereocenters. The highest BCUT2D eigenvalue weighted by Crippen LogP contribution is 2.25. The SMILES string of the molecule is CC(=O)CCc1ccc(OCc2cccc(OC3CCCCC3)c2)c(F)c1. The van der Waals surface area contributed by atoms with Gasteiger partial charge in [-0.15, -0.1) is 0 Å². The van der Waals surface area contributed by atoms with Gasteiger partial charge >= 0.3 is 0 Å². The van der Waals surface area contributed by atoms with Crippen LogP contribution in [-0.4, -0.2) is 11.9 Å². The van der Waals surface area contributed by atoms with Gasteiger partial charge < -0.3 is 14.3 Å². The first-order chi connectivity index (χ1) is 13.1. The zero-order chi connectivity index (χ0) is 19.1. The number of ketones is 1. The summed E-state index contributed by atoms with van der Waals surface area (Å²) in [6, 6.07) is 12.7. The van der Waals surface area contributed by atoms with Crippen LogP contribution in [0.15, 0.2) is 42.5 Å². The van der Waals surface area contributed by atoms with Crippen LogP contribution in [-0.2, 0) is 17.8 Å². The molecule has 0 aromatic heterocycles. The Morgan fingerprint density at radius 3 is 2.63 bits per heavy atom. The van der Waals surface area contributed by atoms with Crippen LogP contribution in [0.25, 0.3) is 0 Å². The van der Waals surface area contributed by atoms with Crippen molar-refractivity contribution in [1.82, 2.24) is 0 Å². The van der Waals surface area contributed by atoms with Crippen LogP contribution in [0.5, 0.6) is 11.5 Å². The number of hydrogen-bond acceptors (Lipinski definition) is 3. The van der Waals surface area contributed by atoms with Crippen molar-refractivity contribution in [2.24, 2.45) is 0 Å². The lowest BCUT2D eigenvalue weighted by Crippen LogP contribution is -2.19. The van der Waals surface area contributed by atoms with E-state index in [4.69, 9.17) is 9.47 Å². The summed E-state index contributed by atoms with van der Waals surface area (Å²) in [5.74, 6) is 0.778. The number of aryl methyl sites for hydroxylation is 1. The number of rotatable bonds is 8. The number of hydrogen-bond donors (Lipinski definition) is 0. The molecule has 0 heterocycles. The molecular weight excluding hydrogens is 343 g/mol. The van der Waals surface area contributed by atoms with E-state index in [1.807, 2.05) is 30.3 Å². The summed E-state index contributed by atoms with van der Waals surface area (Å²) in [7, 11) is 0. The number of ether oxygens (including phenoxy) is 2. The van der Waals surface area contributed by atoms with E-state index in [0.717, 1.165) is 29.7 Å². The van der Waals surface area contributed by atoms with E-state index in [1.165, 1.54) is 25.3 Å². The van der Waals surface area contributed by atoms with E-state index < -0.39 is 5.82 Å². The zero-order valence-electron chi connectivity index (χ0n) is 15.9. The first kappa shape index (κ1) is 19.4. The Bertz CT molecular complexity index is 766. The second-order valence-electron chi connectivity index (χ2n) is 7.28. The molecule has 0 unspecified atom stereocenters. The largest absolute Gasteiger partial charge is 0.490 e. The molecule has 0 amide bonds. The van der Waals surface area contributed by atoms with Crippen molar-refractivity contribution in [2.75, 3.05) is 0 Å². The number of halogens is 1. The van der Waals surface area contributed by atoms with Crippen LogP contribution in [0.2, 0.25) is 0 Å². The summed E-state index contributed by atoms with van der Waals surface area (Å²) >= 11 is 0. The summed E-state index contributed by atoms with van der Waals surface area (Å²) in [6.45, 7) is 1.82. The maximum Gasteiger partial charge on any atom is 0.165 e. The smallest absolute Gasteiger partial charge is 0.165 e. The third-order valence-corrected chi connectivity index (χ3v) is 4.91. The topological polar surface area (TPSA) is 35.5 Å². The molecule has 2 aromatic rings. The van der Waals surface area contributed by atoms with E-state index in [0.29, 0.717) is 18.9 Å². The fourth-order valence-electron chi connectivity index (χ4n) is 3.38. The van der Waals surface area contributed by atoms with E-state index in [2.05, 4.69) is 0 Å². The highest BCUT2D eigenvalue weighted by atomic mass is 19.1. The predicted octanol–water partition coefficient (Wildman–Crippen LogP) is 5.64. The minimum atomic E-state index is -0.398. The Morgan fingerprint density at radius 1 is 1.07 bits per heavy atom. The van der Waals surface area contributed by atoms with Crippen LogP contribution in [0.1, 0.15) is 56.6 Å². The molecule has 0 radical (unpaired) electrons. The summed E-state index contributed by atoms with van der Waals surface area (Å²) in [5.41, 5.74) is 1.75. The molecule has 27 heavy (non-hydrogen) atoms. The lowest BCUT2D eigenvalue weighted by molar-refractivity contribution is -0.116. The molecule has 3 nitrogen and oxygen atoms in total. The molecule has 1 aliphatic rings. The van der Waals surface area contributed by atoms with Crippen molar-refractivity contribution in [3.63, 3.8) is 0 Å². The maximum absolute atomic E-state index is 14.2. The molecule has 1 fully saturated rings. The Morgan fingerprint density at radius 2 is 1.89 bits per heavy atom. The number of carbonyl (C=O) groups excluding carboxylic acids is 1. The Labute approximate surface area is 160 Å². The molecule has 0 aliphatic heterocycles. The van der Waals surface area contributed by atoms with Crippen molar-refractivity contribution >= 4 is 5.78 Å².